The third kappa shape index (κ3) is 6.48. The van der Waals surface area contributed by atoms with Gasteiger partial charge in [-0.1, -0.05) is 24.3 Å². The van der Waals surface area contributed by atoms with Gasteiger partial charge in [-0.2, -0.15) is 0 Å². The van der Waals surface area contributed by atoms with Gasteiger partial charge in [0.2, 0.25) is 0 Å². The van der Waals surface area contributed by atoms with Crippen LogP contribution in [-0.2, 0) is 29.2 Å². The largest absolute Gasteiger partial charge is 0.494 e. The van der Waals surface area contributed by atoms with Crippen molar-refractivity contribution in [3.63, 3.8) is 0 Å². The number of methoxy groups -OCH3 is 1. The number of halogens is 2. The number of nitrogens with one attached hydrogen (secondary N) is 3. The molecule has 0 aliphatic carbocycles. The van der Waals surface area contributed by atoms with Crippen LogP contribution in [0.5, 0.6) is 5.75 Å². The molecule has 1 amide bonds. The Balaban J connectivity index is 1.40. The molecule has 0 saturated carbocycles. The van der Waals surface area contributed by atoms with E-state index >= 15 is 0 Å². The van der Waals surface area contributed by atoms with Gasteiger partial charge in [-0.3, -0.25) is 14.6 Å². The third-order valence-corrected chi connectivity index (χ3v) is 6.02. The summed E-state index contributed by atoms with van der Waals surface area (Å²) in [5, 5.41) is 14.1. The molecule has 38 heavy (non-hydrogen) atoms. The van der Waals surface area contributed by atoms with Gasteiger partial charge in [0.05, 0.1) is 50.4 Å². The molecule has 1 aromatic carbocycles. The average Bonchev–Trinajstić information content (AvgIpc) is 2.88. The van der Waals surface area contributed by atoms with Crippen LogP contribution in [0.15, 0.2) is 71.4 Å². The van der Waals surface area contributed by atoms with Crippen molar-refractivity contribution < 1.29 is 23.0 Å². The summed E-state index contributed by atoms with van der Waals surface area (Å²) in [7, 11) is 1.34. The second kappa shape index (κ2) is 12.2. The topological polar surface area (TPSA) is 118 Å². The Morgan fingerprint density at radius 3 is 2.58 bits per heavy atom. The summed E-state index contributed by atoms with van der Waals surface area (Å²) >= 11 is 0. The fraction of sp³-hybridized carbons (Fsp3) is 0.259. The van der Waals surface area contributed by atoms with Gasteiger partial charge in [-0.15, -0.1) is 0 Å². The predicted octanol–water partition coefficient (Wildman–Crippen LogP) is 2.53. The molecule has 0 unspecified atom stereocenters. The molecule has 1 aliphatic rings. The molecule has 0 spiro atoms. The Morgan fingerprint density at radius 1 is 1.16 bits per heavy atom. The molecule has 3 heterocycles. The van der Waals surface area contributed by atoms with Crippen molar-refractivity contribution in [3.8, 4) is 5.75 Å². The number of nitrogens with zero attached hydrogens (tertiary/aromatic N) is 2. The Hall–Kier alpha value is -4.38. The van der Waals surface area contributed by atoms with Gasteiger partial charge < -0.3 is 30.1 Å². The molecule has 9 nitrogen and oxygen atoms in total. The van der Waals surface area contributed by atoms with Crippen molar-refractivity contribution in [2.75, 3.05) is 20.3 Å². The fourth-order valence-electron chi connectivity index (χ4n) is 3.75. The van der Waals surface area contributed by atoms with E-state index in [4.69, 9.17) is 14.9 Å². The van der Waals surface area contributed by atoms with E-state index in [1.807, 2.05) is 24.3 Å². The van der Waals surface area contributed by atoms with Crippen LogP contribution in [0.3, 0.4) is 0 Å². The van der Waals surface area contributed by atoms with E-state index in [-0.39, 0.29) is 47.3 Å². The van der Waals surface area contributed by atoms with Crippen molar-refractivity contribution in [1.82, 2.24) is 20.2 Å². The van der Waals surface area contributed by atoms with Gasteiger partial charge in [0, 0.05) is 43.2 Å². The van der Waals surface area contributed by atoms with E-state index in [0.29, 0.717) is 19.8 Å². The number of rotatable bonds is 11. The Morgan fingerprint density at radius 2 is 1.89 bits per heavy atom. The first kappa shape index (κ1) is 26.7. The third-order valence-electron chi connectivity index (χ3n) is 6.02. The minimum atomic E-state index is -0.660. The molecule has 3 N–H and O–H groups in total. The van der Waals surface area contributed by atoms with E-state index in [1.165, 1.54) is 36.2 Å². The van der Waals surface area contributed by atoms with Crippen LogP contribution in [0.25, 0.3) is 0 Å². The second-order valence-electron chi connectivity index (χ2n) is 8.67. The molecule has 4 rings (SSSR count). The summed E-state index contributed by atoms with van der Waals surface area (Å²) in [5.74, 6) is -1.87. The maximum Gasteiger partial charge on any atom is 0.254 e. The van der Waals surface area contributed by atoms with Gasteiger partial charge >= 0.3 is 0 Å². The number of hydrogen-bond donors (Lipinski definition) is 3. The summed E-state index contributed by atoms with van der Waals surface area (Å²) in [6.45, 7) is 1.12. The van der Waals surface area contributed by atoms with Crippen LogP contribution >= 0.6 is 0 Å². The number of carbonyl (C=O) groups is 1. The SMILES string of the molecule is COc1ccnc(CNC(=O)/C(=C/NCc2ccc(Cn3cc(F)ccc3=O)cc2)C(=N)C2COC2)c1F. The lowest BCUT2D eigenvalue weighted by atomic mass is 9.95. The van der Waals surface area contributed by atoms with Gasteiger partial charge in [0.25, 0.3) is 11.5 Å². The maximum atomic E-state index is 14.4. The number of hydrogen-bond acceptors (Lipinski definition) is 7. The summed E-state index contributed by atoms with van der Waals surface area (Å²) in [6, 6.07) is 11.1. The van der Waals surface area contributed by atoms with E-state index in [1.54, 1.807) is 0 Å². The van der Waals surface area contributed by atoms with Crippen LogP contribution in [0.2, 0.25) is 0 Å². The summed E-state index contributed by atoms with van der Waals surface area (Å²) < 4.78 is 39.2. The quantitative estimate of drug-likeness (QED) is 0.263. The minimum absolute atomic E-state index is 0.0177. The normalized spacial score (nSPS) is 13.5. The van der Waals surface area contributed by atoms with Crippen LogP contribution < -0.4 is 20.9 Å². The first-order valence-corrected chi connectivity index (χ1v) is 11.8. The fourth-order valence-corrected chi connectivity index (χ4v) is 3.75. The van der Waals surface area contributed by atoms with Crippen molar-refractivity contribution >= 4 is 11.6 Å². The standard InChI is InChI=1S/C27H27F2N5O4/c1-37-23-8-9-32-22(25(23)29)12-33-27(36)21(26(30)19-15-38-16-19)11-31-10-17-2-4-18(5-3-17)13-34-14-20(28)6-7-24(34)35/h2-9,11,14,19,30-31H,10,12-13,15-16H2,1H3,(H,33,36)/b21-11+,30-26?. The first-order valence-electron chi connectivity index (χ1n) is 11.8. The van der Waals surface area contributed by atoms with E-state index in [0.717, 1.165) is 23.4 Å². The highest BCUT2D eigenvalue weighted by Gasteiger charge is 2.29. The zero-order chi connectivity index (χ0) is 27.1. The molecule has 3 aromatic rings. The van der Waals surface area contributed by atoms with E-state index in [2.05, 4.69) is 15.6 Å². The zero-order valence-corrected chi connectivity index (χ0v) is 20.7. The molecule has 1 fully saturated rings. The molecule has 11 heteroatoms. The second-order valence-corrected chi connectivity index (χ2v) is 8.67. The van der Waals surface area contributed by atoms with Gasteiger partial charge in [-0.25, -0.2) is 8.78 Å². The monoisotopic (exact) mass is 523 g/mol. The van der Waals surface area contributed by atoms with Crippen molar-refractivity contribution in [2.45, 2.75) is 19.6 Å². The predicted molar refractivity (Wildman–Crippen MR) is 136 cm³/mol. The smallest absolute Gasteiger partial charge is 0.254 e. The van der Waals surface area contributed by atoms with E-state index < -0.39 is 17.5 Å². The molecular weight excluding hydrogens is 496 g/mol. The highest BCUT2D eigenvalue weighted by Crippen LogP contribution is 2.19. The number of ether oxygens (including phenoxy) is 2. The maximum absolute atomic E-state index is 14.4. The van der Waals surface area contributed by atoms with Crippen LogP contribution in [0.4, 0.5) is 8.78 Å². The Bertz CT molecular complexity index is 1400. The van der Waals surface area contributed by atoms with Crippen molar-refractivity contribution in [2.24, 2.45) is 5.92 Å². The molecule has 198 valence electrons. The molecule has 0 bridgehead atoms. The van der Waals surface area contributed by atoms with E-state index in [9.17, 15) is 18.4 Å². The van der Waals surface area contributed by atoms with Crippen LogP contribution in [0.1, 0.15) is 16.8 Å². The highest BCUT2D eigenvalue weighted by molar-refractivity contribution is 6.21. The van der Waals surface area contributed by atoms with Gasteiger partial charge in [-0.05, 0) is 17.2 Å². The van der Waals surface area contributed by atoms with Crippen LogP contribution in [-0.4, -0.2) is 41.5 Å². The Labute approximate surface area is 217 Å². The van der Waals surface area contributed by atoms with Gasteiger partial charge in [0.1, 0.15) is 5.82 Å². The molecule has 2 aromatic heterocycles. The lowest BCUT2D eigenvalue weighted by molar-refractivity contribution is -0.117. The molecule has 1 saturated heterocycles. The molecule has 1 aliphatic heterocycles. The molecule has 0 radical (unpaired) electrons. The zero-order valence-electron chi connectivity index (χ0n) is 20.7. The molecular formula is C27H27F2N5O4. The lowest BCUT2D eigenvalue weighted by Crippen LogP contribution is -2.39. The van der Waals surface area contributed by atoms with Crippen LogP contribution in [0, 0.1) is 23.0 Å². The minimum Gasteiger partial charge on any atom is -0.494 e. The average molecular weight is 524 g/mol. The lowest BCUT2D eigenvalue weighted by Gasteiger charge is -2.27. The highest BCUT2D eigenvalue weighted by atomic mass is 19.1. The van der Waals surface area contributed by atoms with Crippen molar-refractivity contribution in [1.29, 1.82) is 5.41 Å². The number of carbonyl (C=O) groups excluding carboxylic acids is 1. The number of benzene rings is 1. The Kier molecular flexibility index (Phi) is 8.59. The molecule has 0 atom stereocenters. The number of pyridine rings is 2. The van der Waals surface area contributed by atoms with Crippen molar-refractivity contribution in [3.05, 3.63) is 105 Å². The summed E-state index contributed by atoms with van der Waals surface area (Å²) in [5.41, 5.74) is 1.67. The summed E-state index contributed by atoms with van der Waals surface area (Å²) in [4.78, 5) is 28.8. The number of aromatic nitrogens is 2. The van der Waals surface area contributed by atoms with Gasteiger partial charge in [0.15, 0.2) is 11.6 Å². The first-order chi connectivity index (χ1) is 18.4. The number of amides is 1. The summed E-state index contributed by atoms with van der Waals surface area (Å²) in [6.07, 6.45) is 4.01.